The Morgan fingerprint density at radius 2 is 2.17 bits per heavy atom. The monoisotopic (exact) mass is 406 g/mol. The molecule has 152 valence electrons. The maximum Gasteiger partial charge on any atom is 0.259 e. The Labute approximate surface area is 172 Å². The van der Waals surface area contributed by atoms with Gasteiger partial charge in [0, 0.05) is 30.2 Å². The lowest BCUT2D eigenvalue weighted by atomic mass is 9.92. The number of hydrogen-bond donors (Lipinski definition) is 1. The summed E-state index contributed by atoms with van der Waals surface area (Å²) < 4.78 is 34.2. The van der Waals surface area contributed by atoms with Crippen molar-refractivity contribution in [3.05, 3.63) is 65.7 Å². The molecule has 1 aromatic heterocycles. The van der Waals surface area contributed by atoms with E-state index in [1.165, 1.54) is 12.1 Å². The van der Waals surface area contributed by atoms with Crippen LogP contribution in [0.4, 0.5) is 8.78 Å². The molecular weight excluding hydrogens is 386 g/mol. The molecule has 3 aromatic rings. The predicted molar refractivity (Wildman–Crippen MR) is 107 cm³/mol. The maximum absolute atomic E-state index is 14.5. The van der Waals surface area contributed by atoms with Crippen LogP contribution in [0.2, 0.25) is 0 Å². The summed E-state index contributed by atoms with van der Waals surface area (Å²) >= 11 is 0. The van der Waals surface area contributed by atoms with Crippen molar-refractivity contribution >= 4 is 0 Å². The lowest BCUT2D eigenvalue weighted by Gasteiger charge is -2.31. The molecule has 2 bridgehead atoms. The van der Waals surface area contributed by atoms with Crippen molar-refractivity contribution in [1.82, 2.24) is 9.88 Å². The number of nitrogens with two attached hydrogens (primary N) is 1. The molecule has 7 heteroatoms. The number of piperidine rings is 1. The summed E-state index contributed by atoms with van der Waals surface area (Å²) in [5, 5.41) is 9.02. The summed E-state index contributed by atoms with van der Waals surface area (Å²) in [5.41, 5.74) is 8.86. The molecule has 0 unspecified atom stereocenters. The number of oxazole rings is 1. The Kier molecular flexibility index (Phi) is 4.42. The zero-order valence-electron chi connectivity index (χ0n) is 16.2. The highest BCUT2D eigenvalue weighted by atomic mass is 19.1. The summed E-state index contributed by atoms with van der Waals surface area (Å²) in [4.78, 5) is 5.94. The molecule has 2 atom stereocenters. The SMILES string of the molecule is N#Cc1ccc(-c2cccc(CN3C[C@]4(N)CC[C@H]3C4)c2-c2ocnc2F)cc1F. The van der Waals surface area contributed by atoms with Crippen LogP contribution >= 0.6 is 0 Å². The van der Waals surface area contributed by atoms with Crippen molar-refractivity contribution < 1.29 is 13.2 Å². The van der Waals surface area contributed by atoms with Crippen molar-refractivity contribution in [1.29, 1.82) is 5.26 Å². The molecule has 2 heterocycles. The van der Waals surface area contributed by atoms with Crippen LogP contribution in [0.15, 0.2) is 47.2 Å². The van der Waals surface area contributed by atoms with E-state index in [9.17, 15) is 8.78 Å². The van der Waals surface area contributed by atoms with E-state index in [0.29, 0.717) is 29.3 Å². The number of rotatable bonds is 4. The van der Waals surface area contributed by atoms with Crippen LogP contribution in [0.5, 0.6) is 0 Å². The summed E-state index contributed by atoms with van der Waals surface area (Å²) in [6.07, 6.45) is 4.13. The quantitative estimate of drug-likeness (QED) is 0.702. The Morgan fingerprint density at radius 1 is 1.30 bits per heavy atom. The van der Waals surface area contributed by atoms with Gasteiger partial charge in [-0.1, -0.05) is 24.3 Å². The van der Waals surface area contributed by atoms with Crippen LogP contribution < -0.4 is 5.73 Å². The van der Waals surface area contributed by atoms with E-state index < -0.39 is 11.8 Å². The van der Waals surface area contributed by atoms with Crippen molar-refractivity contribution in [2.24, 2.45) is 5.73 Å². The molecule has 2 aliphatic rings. The molecule has 2 fully saturated rings. The number of hydrogen-bond acceptors (Lipinski definition) is 5. The highest BCUT2D eigenvalue weighted by molar-refractivity contribution is 5.83. The van der Waals surface area contributed by atoms with E-state index in [2.05, 4.69) is 9.88 Å². The first kappa shape index (κ1) is 18.9. The van der Waals surface area contributed by atoms with Crippen LogP contribution in [-0.4, -0.2) is 28.0 Å². The molecule has 1 saturated carbocycles. The van der Waals surface area contributed by atoms with Gasteiger partial charge in [-0.2, -0.15) is 14.6 Å². The molecule has 30 heavy (non-hydrogen) atoms. The first-order valence-corrected chi connectivity index (χ1v) is 9.92. The third-order valence-corrected chi connectivity index (χ3v) is 6.33. The van der Waals surface area contributed by atoms with Gasteiger partial charge in [0.05, 0.1) is 5.56 Å². The second-order valence-electron chi connectivity index (χ2n) is 8.28. The van der Waals surface area contributed by atoms with Crippen molar-refractivity contribution in [3.63, 3.8) is 0 Å². The van der Waals surface area contributed by atoms with Gasteiger partial charge in [0.15, 0.2) is 12.2 Å². The first-order valence-electron chi connectivity index (χ1n) is 9.92. The van der Waals surface area contributed by atoms with Crippen LogP contribution in [0.3, 0.4) is 0 Å². The zero-order chi connectivity index (χ0) is 20.9. The third-order valence-electron chi connectivity index (χ3n) is 6.33. The molecule has 1 aliphatic heterocycles. The van der Waals surface area contributed by atoms with E-state index in [4.69, 9.17) is 15.4 Å². The summed E-state index contributed by atoms with van der Waals surface area (Å²) in [5.74, 6) is -1.31. The van der Waals surface area contributed by atoms with Crippen LogP contribution in [0.1, 0.15) is 30.4 Å². The number of halogens is 2. The Balaban J connectivity index is 1.62. The number of benzene rings is 2. The van der Waals surface area contributed by atoms with Gasteiger partial charge in [-0.15, -0.1) is 0 Å². The average molecular weight is 406 g/mol. The van der Waals surface area contributed by atoms with Gasteiger partial charge in [-0.3, -0.25) is 4.90 Å². The second-order valence-corrected chi connectivity index (χ2v) is 8.28. The number of nitriles is 1. The average Bonchev–Trinajstić information content (AvgIpc) is 3.41. The first-order chi connectivity index (χ1) is 14.5. The normalized spacial score (nSPS) is 23.1. The molecular formula is C23H20F2N4O. The Hall–Kier alpha value is -3.08. The van der Waals surface area contributed by atoms with Crippen LogP contribution in [0, 0.1) is 23.1 Å². The minimum absolute atomic E-state index is 0.0252. The number of nitrogens with zero attached hydrogens (tertiary/aromatic N) is 3. The topological polar surface area (TPSA) is 79.1 Å². The van der Waals surface area contributed by atoms with E-state index in [1.54, 1.807) is 12.1 Å². The Bertz CT molecular complexity index is 1170. The summed E-state index contributed by atoms with van der Waals surface area (Å²) in [6.45, 7) is 1.39. The molecule has 1 aliphatic carbocycles. The highest BCUT2D eigenvalue weighted by Crippen LogP contribution is 2.42. The van der Waals surface area contributed by atoms with Gasteiger partial charge in [-0.25, -0.2) is 4.39 Å². The predicted octanol–water partition coefficient (Wildman–Crippen LogP) is 4.22. The van der Waals surface area contributed by atoms with Gasteiger partial charge in [0.25, 0.3) is 5.95 Å². The fourth-order valence-corrected chi connectivity index (χ4v) is 4.93. The number of likely N-dealkylation sites (tertiary alicyclic amines) is 1. The molecule has 0 spiro atoms. The van der Waals surface area contributed by atoms with Crippen molar-refractivity contribution in [3.8, 4) is 28.5 Å². The largest absolute Gasteiger partial charge is 0.440 e. The molecule has 2 aromatic carbocycles. The molecule has 5 nitrogen and oxygen atoms in total. The summed E-state index contributed by atoms with van der Waals surface area (Å²) in [7, 11) is 0. The van der Waals surface area contributed by atoms with Gasteiger partial charge < -0.3 is 10.2 Å². The number of aromatic nitrogens is 1. The van der Waals surface area contributed by atoms with Crippen molar-refractivity contribution in [2.45, 2.75) is 37.4 Å². The smallest absolute Gasteiger partial charge is 0.259 e. The van der Waals surface area contributed by atoms with E-state index in [0.717, 1.165) is 37.8 Å². The Morgan fingerprint density at radius 3 is 2.80 bits per heavy atom. The molecule has 0 radical (unpaired) electrons. The third kappa shape index (κ3) is 3.09. The van der Waals surface area contributed by atoms with Crippen LogP contribution in [-0.2, 0) is 6.54 Å². The molecule has 5 rings (SSSR count). The van der Waals surface area contributed by atoms with Gasteiger partial charge >= 0.3 is 0 Å². The molecule has 0 amide bonds. The lowest BCUT2D eigenvalue weighted by Crippen LogP contribution is -2.44. The fourth-order valence-electron chi connectivity index (χ4n) is 4.93. The van der Waals surface area contributed by atoms with Gasteiger partial charge in [-0.05, 0) is 48.1 Å². The maximum atomic E-state index is 14.5. The minimum atomic E-state index is -0.712. The van der Waals surface area contributed by atoms with Gasteiger partial charge in [0.2, 0.25) is 0 Å². The van der Waals surface area contributed by atoms with E-state index in [-0.39, 0.29) is 16.9 Å². The van der Waals surface area contributed by atoms with Crippen molar-refractivity contribution in [2.75, 3.05) is 6.54 Å². The minimum Gasteiger partial charge on any atom is -0.440 e. The van der Waals surface area contributed by atoms with E-state index in [1.807, 2.05) is 18.2 Å². The zero-order valence-corrected chi connectivity index (χ0v) is 16.2. The number of fused-ring (bicyclic) bond motifs is 2. The lowest BCUT2D eigenvalue weighted by molar-refractivity contribution is 0.196. The fraction of sp³-hybridized carbons (Fsp3) is 0.304. The highest BCUT2D eigenvalue weighted by Gasteiger charge is 2.46. The van der Waals surface area contributed by atoms with E-state index >= 15 is 0 Å². The summed E-state index contributed by atoms with van der Waals surface area (Å²) in [6, 6.07) is 12.2. The molecule has 2 N–H and O–H groups in total. The molecule has 1 saturated heterocycles. The van der Waals surface area contributed by atoms with Gasteiger partial charge in [0.1, 0.15) is 11.9 Å². The second kappa shape index (κ2) is 7.01. The van der Waals surface area contributed by atoms with Crippen LogP contribution in [0.25, 0.3) is 22.5 Å². The standard InChI is InChI=1S/C23H20F2N4O/c24-19-8-14(4-5-15(19)10-26)18-3-1-2-16(20(18)21-22(25)28-13-30-21)11-29-12-23(27)7-6-17(29)9-23/h1-5,8,13,17H,6-7,9,11-12,27H2/t17-,23-/m0/s1.